The zero-order valence-corrected chi connectivity index (χ0v) is 14.0. The number of rotatable bonds is 3. The van der Waals surface area contributed by atoms with Crippen LogP contribution >= 0.6 is 0 Å². The van der Waals surface area contributed by atoms with Crippen LogP contribution in [0.25, 0.3) is 0 Å². The van der Waals surface area contributed by atoms with E-state index in [9.17, 15) is 9.59 Å². The van der Waals surface area contributed by atoms with Crippen molar-refractivity contribution in [3.05, 3.63) is 29.8 Å². The average Bonchev–Trinajstić information content (AvgIpc) is 3.02. The third-order valence-electron chi connectivity index (χ3n) is 4.23. The summed E-state index contributed by atoms with van der Waals surface area (Å²) in [6, 6.07) is 5.37. The molecule has 3 rings (SSSR count). The van der Waals surface area contributed by atoms with Gasteiger partial charge in [-0.1, -0.05) is 5.57 Å². The summed E-state index contributed by atoms with van der Waals surface area (Å²) in [5, 5.41) is 2.93. The third-order valence-corrected chi connectivity index (χ3v) is 4.23. The molecule has 2 aliphatic heterocycles. The van der Waals surface area contributed by atoms with E-state index in [0.29, 0.717) is 43.1 Å². The largest absolute Gasteiger partial charge is 0.454 e. The van der Waals surface area contributed by atoms with E-state index >= 15 is 0 Å². The summed E-state index contributed by atoms with van der Waals surface area (Å²) in [5.74, 6) is 1.29. The van der Waals surface area contributed by atoms with Crippen molar-refractivity contribution in [2.24, 2.45) is 5.92 Å². The lowest BCUT2D eigenvalue weighted by Gasteiger charge is -2.30. The van der Waals surface area contributed by atoms with Crippen molar-refractivity contribution in [3.8, 4) is 11.5 Å². The predicted molar refractivity (Wildman–Crippen MR) is 89.9 cm³/mol. The molecule has 0 saturated carbocycles. The summed E-state index contributed by atoms with van der Waals surface area (Å²) in [6.07, 6.45) is 3.00. The number of ether oxygens (including phenoxy) is 2. The SMILES string of the molecule is CC(C)=CC(=O)N1CCC(C(=O)Nc2ccc3c(c2)OCO3)CC1. The summed E-state index contributed by atoms with van der Waals surface area (Å²) in [5.41, 5.74) is 1.69. The minimum absolute atomic E-state index is 0.0109. The number of carbonyl (C=O) groups excluding carboxylic acids is 2. The number of allylic oxidation sites excluding steroid dienone is 1. The number of nitrogens with zero attached hydrogens (tertiary/aromatic N) is 1. The summed E-state index contributed by atoms with van der Waals surface area (Å²) < 4.78 is 10.6. The van der Waals surface area contributed by atoms with E-state index in [1.165, 1.54) is 0 Å². The van der Waals surface area contributed by atoms with Gasteiger partial charge in [-0.3, -0.25) is 9.59 Å². The van der Waals surface area contributed by atoms with E-state index in [2.05, 4.69) is 5.32 Å². The van der Waals surface area contributed by atoms with Crippen LogP contribution in [0.5, 0.6) is 11.5 Å². The highest BCUT2D eigenvalue weighted by Gasteiger charge is 2.27. The molecule has 1 fully saturated rings. The Morgan fingerprint density at radius 1 is 1.17 bits per heavy atom. The fourth-order valence-electron chi connectivity index (χ4n) is 2.92. The van der Waals surface area contributed by atoms with E-state index in [0.717, 1.165) is 5.57 Å². The van der Waals surface area contributed by atoms with Crippen LogP contribution in [0.2, 0.25) is 0 Å². The molecule has 1 aromatic carbocycles. The first kappa shape index (κ1) is 16.4. The minimum atomic E-state index is -0.0776. The normalized spacial score (nSPS) is 16.7. The van der Waals surface area contributed by atoms with Crippen molar-refractivity contribution >= 4 is 17.5 Å². The highest BCUT2D eigenvalue weighted by atomic mass is 16.7. The van der Waals surface area contributed by atoms with Crippen LogP contribution in [-0.2, 0) is 9.59 Å². The Labute approximate surface area is 141 Å². The molecule has 0 unspecified atom stereocenters. The number of benzene rings is 1. The molecule has 6 heteroatoms. The van der Waals surface area contributed by atoms with Crippen LogP contribution in [0.3, 0.4) is 0 Å². The Bertz CT molecular complexity index is 672. The number of likely N-dealkylation sites (tertiary alicyclic amines) is 1. The van der Waals surface area contributed by atoms with Gasteiger partial charge in [0.2, 0.25) is 18.6 Å². The molecule has 1 aromatic rings. The van der Waals surface area contributed by atoms with Gasteiger partial charge in [-0.2, -0.15) is 0 Å². The van der Waals surface area contributed by atoms with Gasteiger partial charge >= 0.3 is 0 Å². The Morgan fingerprint density at radius 2 is 1.88 bits per heavy atom. The first-order valence-corrected chi connectivity index (χ1v) is 8.17. The Balaban J connectivity index is 1.54. The predicted octanol–water partition coefficient (Wildman–Crippen LogP) is 2.56. The number of amides is 2. The molecular weight excluding hydrogens is 308 g/mol. The quantitative estimate of drug-likeness (QED) is 0.865. The molecule has 2 amide bonds. The van der Waals surface area contributed by atoms with Gasteiger partial charge in [0.15, 0.2) is 11.5 Å². The molecule has 0 aromatic heterocycles. The number of fused-ring (bicyclic) bond motifs is 1. The van der Waals surface area contributed by atoms with Crippen molar-refractivity contribution in [2.75, 3.05) is 25.2 Å². The molecule has 1 saturated heterocycles. The van der Waals surface area contributed by atoms with Crippen molar-refractivity contribution < 1.29 is 19.1 Å². The van der Waals surface area contributed by atoms with Gasteiger partial charge in [-0.25, -0.2) is 0 Å². The number of nitrogens with one attached hydrogen (secondary N) is 1. The fourth-order valence-corrected chi connectivity index (χ4v) is 2.92. The second-order valence-electron chi connectivity index (χ2n) is 6.38. The maximum Gasteiger partial charge on any atom is 0.246 e. The monoisotopic (exact) mass is 330 g/mol. The van der Waals surface area contributed by atoms with Gasteiger partial charge in [0.25, 0.3) is 0 Å². The smallest absolute Gasteiger partial charge is 0.246 e. The van der Waals surface area contributed by atoms with Gasteiger partial charge in [-0.15, -0.1) is 0 Å². The molecular formula is C18H22N2O4. The number of hydrogen-bond acceptors (Lipinski definition) is 4. The zero-order chi connectivity index (χ0) is 17.1. The summed E-state index contributed by atoms with van der Waals surface area (Å²) in [6.45, 7) is 5.25. The summed E-state index contributed by atoms with van der Waals surface area (Å²) >= 11 is 0. The molecule has 0 spiro atoms. The Hall–Kier alpha value is -2.50. The Kier molecular flexibility index (Phi) is 4.74. The third kappa shape index (κ3) is 3.69. The van der Waals surface area contributed by atoms with E-state index in [1.807, 2.05) is 13.8 Å². The van der Waals surface area contributed by atoms with Crippen molar-refractivity contribution in [2.45, 2.75) is 26.7 Å². The van der Waals surface area contributed by atoms with Crippen molar-refractivity contribution in [3.63, 3.8) is 0 Å². The molecule has 0 radical (unpaired) electrons. The molecule has 0 atom stereocenters. The lowest BCUT2D eigenvalue weighted by molar-refractivity contribution is -0.130. The lowest BCUT2D eigenvalue weighted by Crippen LogP contribution is -2.40. The number of hydrogen-bond donors (Lipinski definition) is 1. The fraction of sp³-hybridized carbons (Fsp3) is 0.444. The maximum atomic E-state index is 12.4. The van der Waals surface area contributed by atoms with E-state index in [4.69, 9.17) is 9.47 Å². The number of piperidine rings is 1. The van der Waals surface area contributed by atoms with Gasteiger partial charge in [0.1, 0.15) is 0 Å². The van der Waals surface area contributed by atoms with Gasteiger partial charge in [-0.05, 0) is 38.8 Å². The molecule has 1 N–H and O–H groups in total. The first-order chi connectivity index (χ1) is 11.5. The molecule has 24 heavy (non-hydrogen) atoms. The first-order valence-electron chi connectivity index (χ1n) is 8.17. The van der Waals surface area contributed by atoms with Crippen LogP contribution < -0.4 is 14.8 Å². The van der Waals surface area contributed by atoms with E-state index in [-0.39, 0.29) is 24.5 Å². The second kappa shape index (κ2) is 6.95. The zero-order valence-electron chi connectivity index (χ0n) is 14.0. The summed E-state index contributed by atoms with van der Waals surface area (Å²) in [4.78, 5) is 26.2. The van der Waals surface area contributed by atoms with Gasteiger partial charge < -0.3 is 19.7 Å². The van der Waals surface area contributed by atoms with E-state index in [1.54, 1.807) is 29.2 Å². The lowest BCUT2D eigenvalue weighted by atomic mass is 9.95. The molecule has 0 bridgehead atoms. The maximum absolute atomic E-state index is 12.4. The van der Waals surface area contributed by atoms with Crippen LogP contribution in [-0.4, -0.2) is 36.6 Å². The minimum Gasteiger partial charge on any atom is -0.454 e. The molecule has 2 aliphatic rings. The van der Waals surface area contributed by atoms with Crippen molar-refractivity contribution in [1.82, 2.24) is 4.90 Å². The van der Waals surface area contributed by atoms with E-state index < -0.39 is 0 Å². The van der Waals surface area contributed by atoms with Crippen LogP contribution in [0.1, 0.15) is 26.7 Å². The summed E-state index contributed by atoms with van der Waals surface area (Å²) in [7, 11) is 0. The average molecular weight is 330 g/mol. The molecule has 0 aliphatic carbocycles. The topological polar surface area (TPSA) is 67.9 Å². The Morgan fingerprint density at radius 3 is 2.58 bits per heavy atom. The van der Waals surface area contributed by atoms with Gasteiger partial charge in [0, 0.05) is 36.8 Å². The highest BCUT2D eigenvalue weighted by Crippen LogP contribution is 2.34. The molecule has 2 heterocycles. The van der Waals surface area contributed by atoms with Crippen LogP contribution in [0, 0.1) is 5.92 Å². The number of carbonyl (C=O) groups is 2. The van der Waals surface area contributed by atoms with Crippen LogP contribution in [0.15, 0.2) is 29.8 Å². The standard InChI is InChI=1S/C18H22N2O4/c1-12(2)9-17(21)20-7-5-13(6-8-20)18(22)19-14-3-4-15-16(10-14)24-11-23-15/h3-4,9-10,13H,5-8,11H2,1-2H3,(H,19,22). The van der Waals surface area contributed by atoms with Crippen LogP contribution in [0.4, 0.5) is 5.69 Å². The number of anilines is 1. The highest BCUT2D eigenvalue weighted by molar-refractivity contribution is 5.93. The van der Waals surface area contributed by atoms with Gasteiger partial charge in [0.05, 0.1) is 0 Å². The second-order valence-corrected chi connectivity index (χ2v) is 6.38. The molecule has 6 nitrogen and oxygen atoms in total. The van der Waals surface area contributed by atoms with Crippen molar-refractivity contribution in [1.29, 1.82) is 0 Å². The molecule has 128 valence electrons.